The van der Waals surface area contributed by atoms with Crippen LogP contribution in [0.5, 0.6) is 0 Å². The van der Waals surface area contributed by atoms with Gasteiger partial charge in [-0.2, -0.15) is 4.98 Å². The third-order valence-electron chi connectivity index (χ3n) is 1.97. The molecule has 0 fully saturated rings. The van der Waals surface area contributed by atoms with Crippen molar-refractivity contribution in [1.29, 1.82) is 0 Å². The average molecular weight is 200 g/mol. The van der Waals surface area contributed by atoms with E-state index in [9.17, 15) is 0 Å². The lowest BCUT2D eigenvalue weighted by Crippen LogP contribution is -2.04. The maximum atomic E-state index is 5.54. The van der Waals surface area contributed by atoms with Gasteiger partial charge >= 0.3 is 0 Å². The highest BCUT2D eigenvalue weighted by atomic mass is 15.1. The van der Waals surface area contributed by atoms with E-state index in [0.717, 1.165) is 0 Å². The number of nitrogens with one attached hydrogen (secondary N) is 1. The van der Waals surface area contributed by atoms with E-state index in [4.69, 9.17) is 5.73 Å². The molecule has 15 heavy (non-hydrogen) atoms. The summed E-state index contributed by atoms with van der Waals surface area (Å²) in [6.07, 6.45) is 1.63. The van der Waals surface area contributed by atoms with Gasteiger partial charge in [0, 0.05) is 12.7 Å². The lowest BCUT2D eigenvalue weighted by atomic mass is 10.2. The van der Waals surface area contributed by atoms with Crippen molar-refractivity contribution >= 4 is 11.8 Å². The zero-order chi connectivity index (χ0) is 10.5. The normalized spacial score (nSPS) is 9.87. The second kappa shape index (κ2) is 4.41. The monoisotopic (exact) mass is 200 g/mol. The van der Waals surface area contributed by atoms with Crippen LogP contribution in [-0.2, 0) is 6.54 Å². The van der Waals surface area contributed by atoms with E-state index in [1.807, 2.05) is 30.3 Å². The molecular formula is C11H12N4. The van der Waals surface area contributed by atoms with Crippen molar-refractivity contribution in [1.82, 2.24) is 9.97 Å². The van der Waals surface area contributed by atoms with Gasteiger partial charge in [-0.3, -0.25) is 0 Å². The topological polar surface area (TPSA) is 63.8 Å². The first-order valence-electron chi connectivity index (χ1n) is 4.71. The van der Waals surface area contributed by atoms with E-state index in [1.165, 1.54) is 5.56 Å². The Bertz CT molecular complexity index is 428. The summed E-state index contributed by atoms with van der Waals surface area (Å²) in [4.78, 5) is 8.10. The minimum Gasteiger partial charge on any atom is -0.384 e. The van der Waals surface area contributed by atoms with Gasteiger partial charge in [-0.1, -0.05) is 30.3 Å². The Morgan fingerprint density at radius 2 is 1.93 bits per heavy atom. The molecule has 1 aromatic heterocycles. The van der Waals surface area contributed by atoms with Gasteiger partial charge in [-0.25, -0.2) is 4.98 Å². The number of benzene rings is 1. The van der Waals surface area contributed by atoms with Crippen LogP contribution < -0.4 is 11.1 Å². The molecule has 0 aliphatic rings. The molecule has 0 atom stereocenters. The molecule has 2 rings (SSSR count). The zero-order valence-corrected chi connectivity index (χ0v) is 8.22. The molecular weight excluding hydrogens is 188 g/mol. The molecule has 4 heteroatoms. The van der Waals surface area contributed by atoms with Crippen molar-refractivity contribution in [3.63, 3.8) is 0 Å². The van der Waals surface area contributed by atoms with Gasteiger partial charge in [0.2, 0.25) is 5.95 Å². The fourth-order valence-electron chi connectivity index (χ4n) is 1.23. The Labute approximate surface area is 88.2 Å². The van der Waals surface area contributed by atoms with Gasteiger partial charge in [-0.15, -0.1) is 0 Å². The first kappa shape index (κ1) is 9.45. The van der Waals surface area contributed by atoms with E-state index in [2.05, 4.69) is 15.3 Å². The average Bonchev–Trinajstić information content (AvgIpc) is 2.28. The summed E-state index contributed by atoms with van der Waals surface area (Å²) in [5, 5.41) is 3.10. The minimum atomic E-state index is 0.473. The quantitative estimate of drug-likeness (QED) is 0.791. The summed E-state index contributed by atoms with van der Waals surface area (Å²) in [6.45, 7) is 0.699. The number of hydrogen-bond donors (Lipinski definition) is 2. The van der Waals surface area contributed by atoms with E-state index < -0.39 is 0 Å². The van der Waals surface area contributed by atoms with Gasteiger partial charge in [-0.05, 0) is 11.6 Å². The van der Waals surface area contributed by atoms with Crippen molar-refractivity contribution in [3.8, 4) is 0 Å². The summed E-state index contributed by atoms with van der Waals surface area (Å²) >= 11 is 0. The Kier molecular flexibility index (Phi) is 2.78. The number of nitrogens with zero attached hydrogens (tertiary/aromatic N) is 2. The van der Waals surface area contributed by atoms with Crippen molar-refractivity contribution < 1.29 is 0 Å². The fourth-order valence-corrected chi connectivity index (χ4v) is 1.23. The van der Waals surface area contributed by atoms with E-state index in [1.54, 1.807) is 12.3 Å². The Balaban J connectivity index is 1.99. The third-order valence-corrected chi connectivity index (χ3v) is 1.97. The highest BCUT2D eigenvalue weighted by Gasteiger charge is 1.95. The van der Waals surface area contributed by atoms with Crippen LogP contribution in [0.2, 0.25) is 0 Å². The predicted molar refractivity (Wildman–Crippen MR) is 60.2 cm³/mol. The van der Waals surface area contributed by atoms with Gasteiger partial charge in [0.25, 0.3) is 0 Å². The van der Waals surface area contributed by atoms with E-state index in [0.29, 0.717) is 18.3 Å². The largest absolute Gasteiger partial charge is 0.384 e. The number of rotatable bonds is 3. The van der Waals surface area contributed by atoms with Crippen LogP contribution in [0.4, 0.5) is 11.8 Å². The SMILES string of the molecule is Nc1ccnc(NCc2ccccc2)n1. The van der Waals surface area contributed by atoms with Crippen molar-refractivity contribution in [2.24, 2.45) is 0 Å². The van der Waals surface area contributed by atoms with Crippen LogP contribution in [0.3, 0.4) is 0 Å². The smallest absolute Gasteiger partial charge is 0.224 e. The van der Waals surface area contributed by atoms with Crippen LogP contribution in [-0.4, -0.2) is 9.97 Å². The summed E-state index contributed by atoms with van der Waals surface area (Å²) < 4.78 is 0. The molecule has 0 saturated heterocycles. The lowest BCUT2D eigenvalue weighted by Gasteiger charge is -2.04. The van der Waals surface area contributed by atoms with Gasteiger partial charge in [0.15, 0.2) is 0 Å². The van der Waals surface area contributed by atoms with Gasteiger partial charge < -0.3 is 11.1 Å². The summed E-state index contributed by atoms with van der Waals surface area (Å²) in [6, 6.07) is 11.7. The molecule has 0 aliphatic carbocycles. The number of nitrogens with two attached hydrogens (primary N) is 1. The molecule has 1 heterocycles. The van der Waals surface area contributed by atoms with Crippen LogP contribution in [0.15, 0.2) is 42.6 Å². The standard InChI is InChI=1S/C11H12N4/c12-10-6-7-13-11(15-10)14-8-9-4-2-1-3-5-9/h1-7H,8H2,(H3,12,13,14,15). The highest BCUT2D eigenvalue weighted by molar-refractivity contribution is 5.35. The molecule has 4 nitrogen and oxygen atoms in total. The zero-order valence-electron chi connectivity index (χ0n) is 8.22. The second-order valence-electron chi connectivity index (χ2n) is 3.14. The lowest BCUT2D eigenvalue weighted by molar-refractivity contribution is 1.06. The van der Waals surface area contributed by atoms with E-state index >= 15 is 0 Å². The van der Waals surface area contributed by atoms with Crippen LogP contribution >= 0.6 is 0 Å². The molecule has 1 aromatic carbocycles. The molecule has 0 unspecified atom stereocenters. The van der Waals surface area contributed by atoms with Crippen LogP contribution in [0, 0.1) is 0 Å². The third kappa shape index (κ3) is 2.67. The maximum absolute atomic E-state index is 5.54. The summed E-state index contributed by atoms with van der Waals surface area (Å²) in [5.74, 6) is 1.03. The van der Waals surface area contributed by atoms with Gasteiger partial charge in [0.1, 0.15) is 5.82 Å². The molecule has 0 saturated carbocycles. The Morgan fingerprint density at radius 3 is 2.67 bits per heavy atom. The molecule has 0 radical (unpaired) electrons. The van der Waals surface area contributed by atoms with Crippen molar-refractivity contribution in [2.45, 2.75) is 6.54 Å². The first-order chi connectivity index (χ1) is 7.34. The molecule has 0 spiro atoms. The van der Waals surface area contributed by atoms with Crippen molar-refractivity contribution in [3.05, 3.63) is 48.2 Å². The highest BCUT2D eigenvalue weighted by Crippen LogP contribution is 2.04. The van der Waals surface area contributed by atoms with Crippen LogP contribution in [0.25, 0.3) is 0 Å². The predicted octanol–water partition coefficient (Wildman–Crippen LogP) is 1.67. The van der Waals surface area contributed by atoms with Crippen molar-refractivity contribution in [2.75, 3.05) is 11.1 Å². The maximum Gasteiger partial charge on any atom is 0.224 e. The number of anilines is 2. The Morgan fingerprint density at radius 1 is 1.13 bits per heavy atom. The molecule has 76 valence electrons. The molecule has 0 aliphatic heterocycles. The van der Waals surface area contributed by atoms with E-state index in [-0.39, 0.29) is 0 Å². The van der Waals surface area contributed by atoms with Gasteiger partial charge in [0.05, 0.1) is 0 Å². The number of aromatic nitrogens is 2. The fraction of sp³-hybridized carbons (Fsp3) is 0.0909. The number of nitrogen functional groups attached to an aromatic ring is 1. The Hall–Kier alpha value is -2.10. The molecule has 0 bridgehead atoms. The first-order valence-corrected chi connectivity index (χ1v) is 4.71. The second-order valence-corrected chi connectivity index (χ2v) is 3.14. The molecule has 2 aromatic rings. The minimum absolute atomic E-state index is 0.473. The molecule has 3 N–H and O–H groups in total. The summed E-state index contributed by atoms with van der Waals surface area (Å²) in [7, 11) is 0. The summed E-state index contributed by atoms with van der Waals surface area (Å²) in [5.41, 5.74) is 6.72. The molecule has 0 amide bonds. The number of hydrogen-bond acceptors (Lipinski definition) is 4. The van der Waals surface area contributed by atoms with Crippen LogP contribution in [0.1, 0.15) is 5.56 Å².